The third kappa shape index (κ3) is 3.86. The molecule has 1 aromatic carbocycles. The number of nitrogens with one attached hydrogen (secondary N) is 1. The highest BCUT2D eigenvalue weighted by atomic mass is 32.2. The zero-order chi connectivity index (χ0) is 15.2. The van der Waals surface area contributed by atoms with Crippen LogP contribution in [0.5, 0.6) is 5.75 Å². The van der Waals surface area contributed by atoms with Crippen LogP contribution in [0, 0.1) is 0 Å². The number of ether oxygens (including phenoxy) is 1. The molecule has 1 saturated heterocycles. The monoisotopic (exact) mass is 308 g/mol. The number of hydrogen-bond acceptors (Lipinski definition) is 4. The van der Waals surface area contributed by atoms with Crippen molar-refractivity contribution < 1.29 is 4.74 Å². The summed E-state index contributed by atoms with van der Waals surface area (Å²) in [5, 5.41) is 3.60. The van der Waals surface area contributed by atoms with Crippen molar-refractivity contribution in [2.75, 3.05) is 37.1 Å². The Morgan fingerprint density at radius 1 is 1.48 bits per heavy atom. The van der Waals surface area contributed by atoms with Crippen molar-refractivity contribution in [2.24, 2.45) is 0 Å². The van der Waals surface area contributed by atoms with Crippen LogP contribution in [0.3, 0.4) is 0 Å². The fourth-order valence-electron chi connectivity index (χ4n) is 2.94. The third-order valence-electron chi connectivity index (χ3n) is 4.23. The van der Waals surface area contributed by atoms with Gasteiger partial charge in [0, 0.05) is 36.1 Å². The number of thioether (sulfide) groups is 1. The number of anilines is 1. The van der Waals surface area contributed by atoms with Crippen LogP contribution in [0.1, 0.15) is 38.3 Å². The van der Waals surface area contributed by atoms with Crippen molar-refractivity contribution in [1.82, 2.24) is 5.32 Å². The molecule has 1 aliphatic heterocycles. The second kappa shape index (κ2) is 7.95. The molecular weight excluding hydrogens is 280 g/mol. The summed E-state index contributed by atoms with van der Waals surface area (Å²) < 4.78 is 5.63. The maximum absolute atomic E-state index is 5.63. The minimum Gasteiger partial charge on any atom is -0.496 e. The Morgan fingerprint density at radius 2 is 2.29 bits per heavy atom. The van der Waals surface area contributed by atoms with Crippen molar-refractivity contribution in [1.29, 1.82) is 0 Å². The van der Waals surface area contributed by atoms with Crippen LogP contribution in [-0.4, -0.2) is 38.2 Å². The normalized spacial score (nSPS) is 19.5. The lowest BCUT2D eigenvalue weighted by Crippen LogP contribution is -2.33. The van der Waals surface area contributed by atoms with Gasteiger partial charge in [-0.2, -0.15) is 11.8 Å². The van der Waals surface area contributed by atoms with E-state index in [4.69, 9.17) is 4.74 Å². The van der Waals surface area contributed by atoms with Gasteiger partial charge in [0.1, 0.15) is 5.75 Å². The fraction of sp³-hybridized carbons (Fsp3) is 0.647. The van der Waals surface area contributed by atoms with E-state index in [-0.39, 0.29) is 0 Å². The summed E-state index contributed by atoms with van der Waals surface area (Å²) in [5.41, 5.74) is 2.59. The van der Waals surface area contributed by atoms with E-state index < -0.39 is 0 Å². The number of methoxy groups -OCH3 is 1. The van der Waals surface area contributed by atoms with Gasteiger partial charge < -0.3 is 15.0 Å². The predicted molar refractivity (Wildman–Crippen MR) is 93.8 cm³/mol. The van der Waals surface area contributed by atoms with E-state index >= 15 is 0 Å². The van der Waals surface area contributed by atoms with Gasteiger partial charge in [-0.15, -0.1) is 0 Å². The Bertz CT molecular complexity index is 446. The smallest absolute Gasteiger partial charge is 0.125 e. The van der Waals surface area contributed by atoms with Crippen molar-refractivity contribution in [3.63, 3.8) is 0 Å². The van der Waals surface area contributed by atoms with Crippen LogP contribution in [0.25, 0.3) is 0 Å². The van der Waals surface area contributed by atoms with E-state index in [0.29, 0.717) is 12.1 Å². The molecule has 0 bridgehead atoms. The first kappa shape index (κ1) is 16.5. The molecular formula is C17H28N2OS. The summed E-state index contributed by atoms with van der Waals surface area (Å²) in [6.07, 6.45) is 2.42. The maximum atomic E-state index is 5.63. The molecule has 1 heterocycles. The second-order valence-electron chi connectivity index (χ2n) is 5.70. The van der Waals surface area contributed by atoms with E-state index in [1.165, 1.54) is 29.2 Å². The second-order valence-corrected chi connectivity index (χ2v) is 6.85. The molecule has 1 N–H and O–H groups in total. The first-order valence-electron chi connectivity index (χ1n) is 7.89. The number of rotatable bonds is 7. The number of nitrogens with zero attached hydrogens (tertiary/aromatic N) is 1. The molecule has 3 nitrogen and oxygen atoms in total. The molecule has 2 atom stereocenters. The van der Waals surface area contributed by atoms with Gasteiger partial charge in [-0.1, -0.05) is 13.0 Å². The lowest BCUT2D eigenvalue weighted by atomic mass is 10.0. The third-order valence-corrected chi connectivity index (χ3v) is 5.37. The fourth-order valence-corrected chi connectivity index (χ4v) is 4.21. The van der Waals surface area contributed by atoms with Crippen LogP contribution in [0.15, 0.2) is 18.2 Å². The van der Waals surface area contributed by atoms with Crippen molar-refractivity contribution >= 4 is 17.4 Å². The average Bonchev–Trinajstić information content (AvgIpc) is 3.05. The van der Waals surface area contributed by atoms with Gasteiger partial charge in [0.2, 0.25) is 0 Å². The molecule has 0 saturated carbocycles. The summed E-state index contributed by atoms with van der Waals surface area (Å²) in [4.78, 5) is 2.45. The molecule has 118 valence electrons. The molecule has 0 aliphatic carbocycles. The molecule has 4 heteroatoms. The molecule has 0 amide bonds. The molecule has 0 spiro atoms. The van der Waals surface area contributed by atoms with E-state index in [1.807, 2.05) is 0 Å². The Balaban J connectivity index is 2.30. The predicted octanol–water partition coefficient (Wildman–Crippen LogP) is 3.70. The molecule has 21 heavy (non-hydrogen) atoms. The molecule has 0 aromatic heterocycles. The van der Waals surface area contributed by atoms with Crippen LogP contribution >= 0.6 is 11.8 Å². The van der Waals surface area contributed by atoms with Gasteiger partial charge in [-0.3, -0.25) is 0 Å². The Labute approximate surface area is 133 Å². The first-order valence-corrected chi connectivity index (χ1v) is 9.05. The summed E-state index contributed by atoms with van der Waals surface area (Å²) in [7, 11) is 3.99. The summed E-state index contributed by atoms with van der Waals surface area (Å²) >= 11 is 2.05. The highest BCUT2D eigenvalue weighted by Gasteiger charge is 2.25. The minimum absolute atomic E-state index is 0.299. The van der Waals surface area contributed by atoms with Crippen LogP contribution in [0.4, 0.5) is 5.69 Å². The lowest BCUT2D eigenvalue weighted by Gasteiger charge is -2.31. The molecule has 2 unspecified atom stereocenters. The van der Waals surface area contributed by atoms with E-state index in [1.54, 1.807) is 7.11 Å². The lowest BCUT2D eigenvalue weighted by molar-refractivity contribution is 0.401. The van der Waals surface area contributed by atoms with Gasteiger partial charge in [-0.25, -0.2) is 0 Å². The molecule has 1 fully saturated rings. The van der Waals surface area contributed by atoms with E-state index in [9.17, 15) is 0 Å². The highest BCUT2D eigenvalue weighted by molar-refractivity contribution is 7.99. The standard InChI is InChI=1S/C17H28N2OS/c1-5-10-18-13(2)17-15(7-6-8-16(17)20-4)19(3)14-9-11-21-12-14/h6-8,13-14,18H,5,9-12H2,1-4H3. The summed E-state index contributed by atoms with van der Waals surface area (Å²) in [6, 6.07) is 7.33. The summed E-state index contributed by atoms with van der Waals surface area (Å²) in [5.74, 6) is 3.49. The average molecular weight is 308 g/mol. The zero-order valence-electron chi connectivity index (χ0n) is 13.7. The van der Waals surface area contributed by atoms with Crippen molar-refractivity contribution in [3.8, 4) is 5.75 Å². The quantitative estimate of drug-likeness (QED) is 0.830. The Hall–Kier alpha value is -0.870. The van der Waals surface area contributed by atoms with Crippen LogP contribution < -0.4 is 15.0 Å². The number of hydrogen-bond donors (Lipinski definition) is 1. The van der Waals surface area contributed by atoms with E-state index in [0.717, 1.165) is 18.7 Å². The van der Waals surface area contributed by atoms with Crippen LogP contribution in [0.2, 0.25) is 0 Å². The van der Waals surface area contributed by atoms with Gasteiger partial charge >= 0.3 is 0 Å². The van der Waals surface area contributed by atoms with Gasteiger partial charge in [0.05, 0.1) is 7.11 Å². The van der Waals surface area contributed by atoms with Gasteiger partial charge in [-0.05, 0) is 44.2 Å². The minimum atomic E-state index is 0.299. The van der Waals surface area contributed by atoms with Crippen LogP contribution in [-0.2, 0) is 0 Å². The molecule has 0 radical (unpaired) electrons. The van der Waals surface area contributed by atoms with Crippen molar-refractivity contribution in [3.05, 3.63) is 23.8 Å². The maximum Gasteiger partial charge on any atom is 0.125 e. The SMILES string of the molecule is CCCNC(C)c1c(OC)cccc1N(C)C1CCSC1. The Morgan fingerprint density at radius 3 is 2.90 bits per heavy atom. The zero-order valence-corrected chi connectivity index (χ0v) is 14.5. The highest BCUT2D eigenvalue weighted by Crippen LogP contribution is 2.36. The number of benzene rings is 1. The van der Waals surface area contributed by atoms with Crippen molar-refractivity contribution in [2.45, 2.75) is 38.8 Å². The topological polar surface area (TPSA) is 24.5 Å². The van der Waals surface area contributed by atoms with Gasteiger partial charge in [0.25, 0.3) is 0 Å². The largest absolute Gasteiger partial charge is 0.496 e. The molecule has 2 rings (SSSR count). The van der Waals surface area contributed by atoms with E-state index in [2.05, 4.69) is 61.1 Å². The summed E-state index contributed by atoms with van der Waals surface area (Å²) in [6.45, 7) is 5.46. The molecule has 1 aliphatic rings. The first-order chi connectivity index (χ1) is 10.2. The van der Waals surface area contributed by atoms with Gasteiger partial charge in [0.15, 0.2) is 0 Å². The Kier molecular flexibility index (Phi) is 6.24. The molecule has 1 aromatic rings.